The van der Waals surface area contributed by atoms with E-state index in [2.05, 4.69) is 0 Å². The molecule has 1 rings (SSSR count). The van der Waals surface area contributed by atoms with Crippen LogP contribution in [0.2, 0.25) is 0 Å². The molecule has 0 spiro atoms. The average molecular weight is 238 g/mol. The Hall–Kier alpha value is -0.900. The predicted octanol–water partition coefficient (Wildman–Crippen LogP) is 3.03. The highest BCUT2D eigenvalue weighted by Gasteiger charge is 2.24. The quantitative estimate of drug-likeness (QED) is 0.586. The van der Waals surface area contributed by atoms with Gasteiger partial charge in [-0.1, -0.05) is 37.3 Å². The summed E-state index contributed by atoms with van der Waals surface area (Å²) in [4.78, 5) is 10.9. The maximum absolute atomic E-state index is 8.88. The second-order valence-electron chi connectivity index (χ2n) is 4.60. The Balaban J connectivity index is 2.55. The molecular weight excluding hydrogens is 216 g/mol. The summed E-state index contributed by atoms with van der Waals surface area (Å²) in [6, 6.07) is 9.95. The monoisotopic (exact) mass is 238 g/mol. The first kappa shape index (κ1) is 14.2. The van der Waals surface area contributed by atoms with Gasteiger partial charge < -0.3 is 5.11 Å². The molecule has 0 unspecified atom stereocenters. The van der Waals surface area contributed by atoms with Crippen molar-refractivity contribution in [3.63, 3.8) is 0 Å². The van der Waals surface area contributed by atoms with E-state index in [9.17, 15) is 0 Å². The summed E-state index contributed by atoms with van der Waals surface area (Å²) < 4.78 is 0. The zero-order valence-electron chi connectivity index (χ0n) is 10.8. The first-order valence-electron chi connectivity index (χ1n) is 6.11. The van der Waals surface area contributed by atoms with E-state index in [1.807, 2.05) is 51.1 Å². The minimum absolute atomic E-state index is 0.0528. The predicted molar refractivity (Wildman–Crippen MR) is 67.4 cm³/mol. The zero-order valence-corrected chi connectivity index (χ0v) is 10.8. The lowest BCUT2D eigenvalue weighted by molar-refractivity contribution is -0.383. The minimum atomic E-state index is -0.482. The standard InChI is InChI=1S/C14H22O3/c1-4-13(10-11-15)16-17-14(2,3)12-8-6-5-7-9-12/h5-9,13,15H,4,10-11H2,1-3H3/t13-/m1/s1. The van der Waals surface area contributed by atoms with Gasteiger partial charge in [-0.15, -0.1) is 0 Å². The van der Waals surface area contributed by atoms with Crippen LogP contribution in [0.3, 0.4) is 0 Å². The van der Waals surface area contributed by atoms with Gasteiger partial charge >= 0.3 is 0 Å². The van der Waals surface area contributed by atoms with Gasteiger partial charge in [-0.2, -0.15) is 0 Å². The molecule has 0 fully saturated rings. The first-order chi connectivity index (χ1) is 8.10. The molecule has 3 heteroatoms. The largest absolute Gasteiger partial charge is 0.396 e. The van der Waals surface area contributed by atoms with Crippen LogP contribution in [0.1, 0.15) is 39.2 Å². The summed E-state index contributed by atoms with van der Waals surface area (Å²) in [6.07, 6.45) is 1.37. The number of benzene rings is 1. The lowest BCUT2D eigenvalue weighted by Crippen LogP contribution is -2.25. The molecule has 0 aromatic heterocycles. The van der Waals surface area contributed by atoms with Crippen molar-refractivity contribution < 1.29 is 14.9 Å². The van der Waals surface area contributed by atoms with E-state index >= 15 is 0 Å². The van der Waals surface area contributed by atoms with Gasteiger partial charge in [0.2, 0.25) is 0 Å². The van der Waals surface area contributed by atoms with Crippen molar-refractivity contribution in [3.05, 3.63) is 35.9 Å². The van der Waals surface area contributed by atoms with E-state index < -0.39 is 5.60 Å². The van der Waals surface area contributed by atoms with Gasteiger partial charge in [-0.25, -0.2) is 9.78 Å². The Labute approximate surface area is 103 Å². The fraction of sp³-hybridized carbons (Fsp3) is 0.571. The molecule has 0 aliphatic heterocycles. The van der Waals surface area contributed by atoms with E-state index in [-0.39, 0.29) is 12.7 Å². The van der Waals surface area contributed by atoms with Crippen LogP contribution in [-0.4, -0.2) is 17.8 Å². The lowest BCUT2D eigenvalue weighted by Gasteiger charge is -2.26. The van der Waals surface area contributed by atoms with Crippen molar-refractivity contribution in [2.75, 3.05) is 6.61 Å². The van der Waals surface area contributed by atoms with Gasteiger partial charge in [0.25, 0.3) is 0 Å². The van der Waals surface area contributed by atoms with E-state index in [4.69, 9.17) is 14.9 Å². The summed E-state index contributed by atoms with van der Waals surface area (Å²) in [6.45, 7) is 6.06. The second-order valence-corrected chi connectivity index (χ2v) is 4.60. The molecule has 0 aliphatic rings. The summed E-state index contributed by atoms with van der Waals surface area (Å²) in [5.74, 6) is 0. The van der Waals surface area contributed by atoms with Gasteiger partial charge in [-0.3, -0.25) is 0 Å². The lowest BCUT2D eigenvalue weighted by atomic mass is 9.99. The third-order valence-corrected chi connectivity index (χ3v) is 2.77. The molecule has 0 heterocycles. The van der Waals surface area contributed by atoms with Crippen molar-refractivity contribution in [2.24, 2.45) is 0 Å². The van der Waals surface area contributed by atoms with Gasteiger partial charge in [0, 0.05) is 6.61 Å². The van der Waals surface area contributed by atoms with Gasteiger partial charge in [0.15, 0.2) is 0 Å². The van der Waals surface area contributed by atoms with Crippen molar-refractivity contribution in [1.29, 1.82) is 0 Å². The second kappa shape index (κ2) is 6.74. The Bertz CT molecular complexity index is 309. The molecule has 96 valence electrons. The number of rotatable bonds is 7. The van der Waals surface area contributed by atoms with Crippen LogP contribution in [0.4, 0.5) is 0 Å². The fourth-order valence-corrected chi connectivity index (χ4v) is 1.54. The molecule has 0 saturated heterocycles. The van der Waals surface area contributed by atoms with Crippen LogP contribution >= 0.6 is 0 Å². The molecule has 1 N–H and O–H groups in total. The molecule has 0 amide bonds. The molecule has 3 nitrogen and oxygen atoms in total. The third-order valence-electron chi connectivity index (χ3n) is 2.77. The third kappa shape index (κ3) is 4.46. The molecule has 0 radical (unpaired) electrons. The van der Waals surface area contributed by atoms with Gasteiger partial charge in [0.05, 0.1) is 6.10 Å². The SMILES string of the molecule is CC[C@H](CCO)OOC(C)(C)c1ccccc1. The molecular formula is C14H22O3. The van der Waals surface area contributed by atoms with Crippen LogP contribution in [0.15, 0.2) is 30.3 Å². The Morgan fingerprint density at radius 1 is 1.24 bits per heavy atom. The van der Waals surface area contributed by atoms with Crippen molar-refractivity contribution >= 4 is 0 Å². The van der Waals surface area contributed by atoms with E-state index in [1.165, 1.54) is 0 Å². The van der Waals surface area contributed by atoms with E-state index in [0.29, 0.717) is 6.42 Å². The molecule has 17 heavy (non-hydrogen) atoms. The Kier molecular flexibility index (Phi) is 5.62. The van der Waals surface area contributed by atoms with E-state index in [0.717, 1.165) is 12.0 Å². The van der Waals surface area contributed by atoms with Gasteiger partial charge in [0.1, 0.15) is 5.60 Å². The zero-order chi connectivity index (χ0) is 12.7. The van der Waals surface area contributed by atoms with Crippen molar-refractivity contribution in [3.8, 4) is 0 Å². The summed E-state index contributed by atoms with van der Waals surface area (Å²) in [5.41, 5.74) is 0.586. The van der Waals surface area contributed by atoms with Crippen molar-refractivity contribution in [2.45, 2.75) is 45.3 Å². The van der Waals surface area contributed by atoms with Crippen LogP contribution < -0.4 is 0 Å². The fourth-order valence-electron chi connectivity index (χ4n) is 1.54. The van der Waals surface area contributed by atoms with Crippen LogP contribution in [0, 0.1) is 0 Å². The van der Waals surface area contributed by atoms with Crippen molar-refractivity contribution in [1.82, 2.24) is 0 Å². The van der Waals surface area contributed by atoms with E-state index in [1.54, 1.807) is 0 Å². The van der Waals surface area contributed by atoms with Gasteiger partial charge in [-0.05, 0) is 32.3 Å². The highest BCUT2D eigenvalue weighted by Crippen LogP contribution is 2.25. The maximum Gasteiger partial charge on any atom is 0.123 e. The molecule has 0 bridgehead atoms. The molecule has 1 aromatic rings. The number of hydrogen-bond acceptors (Lipinski definition) is 3. The highest BCUT2D eigenvalue weighted by molar-refractivity contribution is 5.20. The summed E-state index contributed by atoms with van der Waals surface area (Å²) >= 11 is 0. The summed E-state index contributed by atoms with van der Waals surface area (Å²) in [7, 11) is 0. The molecule has 0 aliphatic carbocycles. The molecule has 0 saturated carbocycles. The normalized spacial score (nSPS) is 13.6. The number of aliphatic hydroxyl groups excluding tert-OH is 1. The number of hydrogen-bond donors (Lipinski definition) is 1. The van der Waals surface area contributed by atoms with Crippen LogP contribution in [0.5, 0.6) is 0 Å². The Morgan fingerprint density at radius 2 is 1.88 bits per heavy atom. The number of aliphatic hydroxyl groups is 1. The molecule has 1 aromatic carbocycles. The topological polar surface area (TPSA) is 38.7 Å². The smallest absolute Gasteiger partial charge is 0.123 e. The van der Waals surface area contributed by atoms with Crippen LogP contribution in [-0.2, 0) is 15.4 Å². The average Bonchev–Trinajstić information content (AvgIpc) is 2.35. The first-order valence-corrected chi connectivity index (χ1v) is 6.11. The van der Waals surface area contributed by atoms with Crippen LogP contribution in [0.25, 0.3) is 0 Å². The summed E-state index contributed by atoms with van der Waals surface area (Å²) in [5, 5.41) is 8.88. The maximum atomic E-state index is 8.88. The Morgan fingerprint density at radius 3 is 2.41 bits per heavy atom. The molecule has 1 atom stereocenters. The highest BCUT2D eigenvalue weighted by atomic mass is 17.2. The minimum Gasteiger partial charge on any atom is -0.396 e.